The number of Topliss-reactive ketones (excluding diaryl/α,β-unsaturated/α-hetero) is 1. The smallest absolute Gasteiger partial charge is 0.340 e. The monoisotopic (exact) mass is 354 g/mol. The van der Waals surface area contributed by atoms with Gasteiger partial charge in [0.25, 0.3) is 0 Å². The molecule has 2 aromatic carbocycles. The van der Waals surface area contributed by atoms with Gasteiger partial charge in [-0.05, 0) is 43.3 Å². The first kappa shape index (κ1) is 17.9. The van der Waals surface area contributed by atoms with E-state index in [9.17, 15) is 18.4 Å². The van der Waals surface area contributed by atoms with Crippen molar-refractivity contribution in [3.05, 3.63) is 64.2 Å². The second-order valence-electron chi connectivity index (χ2n) is 4.70. The van der Waals surface area contributed by atoms with Crippen molar-refractivity contribution in [2.24, 2.45) is 0 Å². The Morgan fingerprint density at radius 3 is 2.33 bits per heavy atom. The number of rotatable bonds is 6. The Bertz CT molecular complexity index is 760. The van der Waals surface area contributed by atoms with E-state index < -0.39 is 30.0 Å². The molecule has 0 heterocycles. The van der Waals surface area contributed by atoms with Crippen LogP contribution in [0, 0.1) is 11.6 Å². The quantitative estimate of drug-likeness (QED) is 0.446. The first-order valence-corrected chi connectivity index (χ1v) is 7.38. The number of ketones is 1. The Morgan fingerprint density at radius 1 is 1.08 bits per heavy atom. The van der Waals surface area contributed by atoms with Crippen LogP contribution in [0.3, 0.4) is 0 Å². The number of halogens is 3. The average Bonchev–Trinajstić information content (AvgIpc) is 2.56. The third kappa shape index (κ3) is 4.29. The molecule has 0 fully saturated rings. The summed E-state index contributed by atoms with van der Waals surface area (Å²) in [4.78, 5) is 23.8. The van der Waals surface area contributed by atoms with Crippen LogP contribution in [0.2, 0.25) is 5.02 Å². The van der Waals surface area contributed by atoms with Crippen LogP contribution < -0.4 is 4.74 Å². The zero-order chi connectivity index (χ0) is 17.7. The largest absolute Gasteiger partial charge is 0.494 e. The highest BCUT2D eigenvalue weighted by molar-refractivity contribution is 6.33. The van der Waals surface area contributed by atoms with Gasteiger partial charge in [0.1, 0.15) is 5.75 Å². The molecule has 0 unspecified atom stereocenters. The molecule has 24 heavy (non-hydrogen) atoms. The topological polar surface area (TPSA) is 52.6 Å². The van der Waals surface area contributed by atoms with Crippen molar-refractivity contribution in [1.29, 1.82) is 0 Å². The normalized spacial score (nSPS) is 10.3. The molecule has 4 nitrogen and oxygen atoms in total. The third-order valence-electron chi connectivity index (χ3n) is 3.05. The summed E-state index contributed by atoms with van der Waals surface area (Å²) < 4.78 is 36.2. The van der Waals surface area contributed by atoms with Gasteiger partial charge < -0.3 is 9.47 Å². The van der Waals surface area contributed by atoms with Gasteiger partial charge in [0, 0.05) is 5.56 Å². The number of hydrogen-bond donors (Lipinski definition) is 0. The Labute approximate surface area is 141 Å². The Balaban J connectivity index is 2.01. The van der Waals surface area contributed by atoms with E-state index in [1.165, 1.54) is 12.1 Å². The maximum Gasteiger partial charge on any atom is 0.340 e. The standard InChI is InChI=1S/C17H13ClF2O4/c1-2-23-11-5-3-10(4-6-11)16(21)9-24-17(22)12-7-14(19)15(20)8-13(12)18/h3-8H,2,9H2,1H3. The molecule has 2 rings (SSSR count). The van der Waals surface area contributed by atoms with Crippen LogP contribution in [-0.2, 0) is 4.74 Å². The zero-order valence-electron chi connectivity index (χ0n) is 12.6. The molecule has 0 aromatic heterocycles. The fourth-order valence-corrected chi connectivity index (χ4v) is 2.10. The molecule has 0 bridgehead atoms. The van der Waals surface area contributed by atoms with Gasteiger partial charge in [-0.25, -0.2) is 13.6 Å². The van der Waals surface area contributed by atoms with Crippen molar-refractivity contribution in [3.63, 3.8) is 0 Å². The summed E-state index contributed by atoms with van der Waals surface area (Å²) in [6, 6.07) is 7.59. The van der Waals surface area contributed by atoms with Crippen LogP contribution in [0.4, 0.5) is 8.78 Å². The molecule has 2 aromatic rings. The minimum atomic E-state index is -1.23. The maximum atomic E-state index is 13.2. The molecule has 0 saturated heterocycles. The minimum absolute atomic E-state index is 0.299. The van der Waals surface area contributed by atoms with E-state index in [0.29, 0.717) is 30.1 Å². The second kappa shape index (κ2) is 7.88. The van der Waals surface area contributed by atoms with Crippen LogP contribution >= 0.6 is 11.6 Å². The molecule has 0 aliphatic carbocycles. The van der Waals surface area contributed by atoms with Gasteiger partial charge in [0.15, 0.2) is 24.0 Å². The summed E-state index contributed by atoms with van der Waals surface area (Å²) in [7, 11) is 0. The maximum absolute atomic E-state index is 13.2. The van der Waals surface area contributed by atoms with E-state index in [1.807, 2.05) is 6.92 Å². The highest BCUT2D eigenvalue weighted by atomic mass is 35.5. The van der Waals surface area contributed by atoms with E-state index in [2.05, 4.69) is 0 Å². The van der Waals surface area contributed by atoms with Crippen molar-refractivity contribution in [2.45, 2.75) is 6.92 Å². The lowest BCUT2D eigenvalue weighted by atomic mass is 10.1. The van der Waals surface area contributed by atoms with Crippen molar-refractivity contribution >= 4 is 23.4 Å². The molecule has 0 amide bonds. The fraction of sp³-hybridized carbons (Fsp3) is 0.176. The number of carbonyl (C=O) groups is 2. The minimum Gasteiger partial charge on any atom is -0.494 e. The summed E-state index contributed by atoms with van der Waals surface area (Å²) in [5.41, 5.74) is -0.0299. The van der Waals surface area contributed by atoms with Crippen LogP contribution in [0.1, 0.15) is 27.6 Å². The average molecular weight is 355 g/mol. The summed E-state index contributed by atoms with van der Waals surface area (Å²) in [6.07, 6.45) is 0. The predicted molar refractivity (Wildman–Crippen MR) is 83.6 cm³/mol. The number of ether oxygens (including phenoxy) is 2. The number of benzene rings is 2. The van der Waals surface area contributed by atoms with Gasteiger partial charge in [-0.2, -0.15) is 0 Å². The molecule has 0 atom stereocenters. The Kier molecular flexibility index (Phi) is 5.87. The molecule has 0 saturated carbocycles. The van der Waals surface area contributed by atoms with Gasteiger partial charge in [0.2, 0.25) is 0 Å². The van der Waals surface area contributed by atoms with Gasteiger partial charge in [-0.1, -0.05) is 11.6 Å². The van der Waals surface area contributed by atoms with E-state index in [4.69, 9.17) is 21.1 Å². The lowest BCUT2D eigenvalue weighted by Gasteiger charge is -2.07. The molecular weight excluding hydrogens is 342 g/mol. The van der Waals surface area contributed by atoms with E-state index in [-0.39, 0.29) is 10.6 Å². The van der Waals surface area contributed by atoms with Crippen molar-refractivity contribution in [3.8, 4) is 5.75 Å². The second-order valence-corrected chi connectivity index (χ2v) is 5.11. The third-order valence-corrected chi connectivity index (χ3v) is 3.36. The highest BCUT2D eigenvalue weighted by Gasteiger charge is 2.18. The molecule has 0 radical (unpaired) electrons. The van der Waals surface area contributed by atoms with Crippen LogP contribution in [0.25, 0.3) is 0 Å². The van der Waals surface area contributed by atoms with Gasteiger partial charge in [-0.3, -0.25) is 4.79 Å². The number of hydrogen-bond acceptors (Lipinski definition) is 4. The van der Waals surface area contributed by atoms with Crippen LogP contribution in [0.5, 0.6) is 5.75 Å². The summed E-state index contributed by atoms with van der Waals surface area (Å²) in [5.74, 6) is -3.27. The molecule has 0 N–H and O–H groups in total. The summed E-state index contributed by atoms with van der Waals surface area (Å²) in [5, 5.41) is -0.299. The van der Waals surface area contributed by atoms with Crippen LogP contribution in [-0.4, -0.2) is 25.0 Å². The molecule has 7 heteroatoms. The highest BCUT2D eigenvalue weighted by Crippen LogP contribution is 2.21. The summed E-state index contributed by atoms with van der Waals surface area (Å²) >= 11 is 5.67. The lowest BCUT2D eigenvalue weighted by Crippen LogP contribution is -2.15. The number of carbonyl (C=O) groups excluding carboxylic acids is 2. The summed E-state index contributed by atoms with van der Waals surface area (Å²) in [6.45, 7) is 1.78. The Hall–Kier alpha value is -2.47. The fourth-order valence-electron chi connectivity index (χ4n) is 1.87. The van der Waals surface area contributed by atoms with Gasteiger partial charge >= 0.3 is 5.97 Å². The Morgan fingerprint density at radius 2 is 1.71 bits per heavy atom. The predicted octanol–water partition coefficient (Wildman–Crippen LogP) is 4.06. The first-order chi connectivity index (χ1) is 11.4. The van der Waals surface area contributed by atoms with E-state index in [1.54, 1.807) is 12.1 Å². The first-order valence-electron chi connectivity index (χ1n) is 7.00. The SMILES string of the molecule is CCOc1ccc(C(=O)COC(=O)c2cc(F)c(F)cc2Cl)cc1. The number of esters is 1. The van der Waals surface area contributed by atoms with Gasteiger partial charge in [-0.15, -0.1) is 0 Å². The lowest BCUT2D eigenvalue weighted by molar-refractivity contribution is 0.0474. The van der Waals surface area contributed by atoms with Crippen LogP contribution in [0.15, 0.2) is 36.4 Å². The molecule has 0 aliphatic rings. The molecule has 0 aliphatic heterocycles. The van der Waals surface area contributed by atoms with Crippen molar-refractivity contribution in [2.75, 3.05) is 13.2 Å². The van der Waals surface area contributed by atoms with Crippen molar-refractivity contribution < 1.29 is 27.8 Å². The molecule has 126 valence electrons. The van der Waals surface area contributed by atoms with E-state index in [0.717, 1.165) is 0 Å². The van der Waals surface area contributed by atoms with Crippen molar-refractivity contribution in [1.82, 2.24) is 0 Å². The van der Waals surface area contributed by atoms with E-state index >= 15 is 0 Å². The zero-order valence-corrected chi connectivity index (χ0v) is 13.4. The molecule has 0 spiro atoms. The van der Waals surface area contributed by atoms with Gasteiger partial charge in [0.05, 0.1) is 17.2 Å². The molecular formula is C17H13ClF2O4.